The third-order valence-corrected chi connectivity index (χ3v) is 3.94. The Balaban J connectivity index is 2.14. The summed E-state index contributed by atoms with van der Waals surface area (Å²) >= 11 is 6.09. The highest BCUT2D eigenvalue weighted by atomic mass is 35.5. The van der Waals surface area contributed by atoms with E-state index in [1.807, 2.05) is 0 Å². The maximum atomic E-state index is 12.3. The number of carbonyl (C=O) groups is 2. The molecule has 0 aromatic heterocycles. The van der Waals surface area contributed by atoms with Crippen LogP contribution in [0.15, 0.2) is 36.4 Å². The molecule has 24 heavy (non-hydrogen) atoms. The number of para-hydroxylation sites is 1. The molecule has 5 nitrogen and oxygen atoms in total. The van der Waals surface area contributed by atoms with E-state index in [0.717, 1.165) is 0 Å². The van der Waals surface area contributed by atoms with Gasteiger partial charge >= 0.3 is 5.97 Å². The van der Waals surface area contributed by atoms with Crippen LogP contribution in [0.4, 0.5) is 0 Å². The Hall–Kier alpha value is -2.53. The summed E-state index contributed by atoms with van der Waals surface area (Å²) in [4.78, 5) is 23.9. The first-order valence-electron chi connectivity index (χ1n) is 7.23. The van der Waals surface area contributed by atoms with Gasteiger partial charge in [-0.1, -0.05) is 23.7 Å². The second-order valence-electron chi connectivity index (χ2n) is 5.07. The monoisotopic (exact) mass is 348 g/mol. The second-order valence-corrected chi connectivity index (χ2v) is 5.48. The molecule has 0 saturated heterocycles. The summed E-state index contributed by atoms with van der Waals surface area (Å²) in [5.74, 6) is -0.387. The molecule has 0 aliphatic heterocycles. The van der Waals surface area contributed by atoms with Crippen molar-refractivity contribution in [2.75, 3.05) is 14.2 Å². The number of aryl methyl sites for hydroxylation is 1. The lowest BCUT2D eigenvalue weighted by molar-refractivity contribution is 0.0597. The van der Waals surface area contributed by atoms with Gasteiger partial charge in [-0.3, -0.25) is 4.79 Å². The van der Waals surface area contributed by atoms with Gasteiger partial charge in [0.1, 0.15) is 17.1 Å². The maximum absolute atomic E-state index is 12.3. The van der Waals surface area contributed by atoms with Crippen LogP contribution in [0.3, 0.4) is 0 Å². The van der Waals surface area contributed by atoms with E-state index in [1.54, 1.807) is 30.3 Å². The lowest BCUT2D eigenvalue weighted by Crippen LogP contribution is -2.05. The topological polar surface area (TPSA) is 72.8 Å². The van der Waals surface area contributed by atoms with Gasteiger partial charge in [0.15, 0.2) is 5.78 Å². The van der Waals surface area contributed by atoms with Crippen LogP contribution in [0.1, 0.15) is 32.7 Å². The Morgan fingerprint density at radius 3 is 2.50 bits per heavy atom. The van der Waals surface area contributed by atoms with Gasteiger partial charge in [0.05, 0.1) is 19.2 Å². The van der Waals surface area contributed by atoms with Crippen molar-refractivity contribution in [3.05, 3.63) is 58.1 Å². The number of phenols is 1. The summed E-state index contributed by atoms with van der Waals surface area (Å²) in [5.41, 5.74) is 0.960. The van der Waals surface area contributed by atoms with Gasteiger partial charge in [0, 0.05) is 12.0 Å². The third-order valence-electron chi connectivity index (χ3n) is 3.62. The molecule has 0 amide bonds. The predicted octanol–water partition coefficient (Wildman–Crippen LogP) is 3.66. The number of aromatic hydroxyl groups is 1. The number of carbonyl (C=O) groups excluding carboxylic acids is 2. The fourth-order valence-corrected chi connectivity index (χ4v) is 2.58. The molecule has 2 aromatic carbocycles. The van der Waals surface area contributed by atoms with Crippen LogP contribution in [-0.2, 0) is 11.2 Å². The Morgan fingerprint density at radius 2 is 1.88 bits per heavy atom. The smallest absolute Gasteiger partial charge is 0.341 e. The molecule has 0 atom stereocenters. The molecule has 0 aliphatic rings. The Morgan fingerprint density at radius 1 is 1.12 bits per heavy atom. The molecule has 2 aromatic rings. The Labute approximate surface area is 144 Å². The average molecular weight is 349 g/mol. The number of Topliss-reactive ketones (excluding diaryl/α,β-unsaturated/α-hetero) is 1. The molecular formula is C18H17ClO5. The zero-order valence-electron chi connectivity index (χ0n) is 13.3. The lowest BCUT2D eigenvalue weighted by atomic mass is 10.00. The number of hydrogen-bond donors (Lipinski definition) is 1. The molecule has 0 radical (unpaired) electrons. The molecule has 0 heterocycles. The molecule has 0 spiro atoms. The predicted molar refractivity (Wildman–Crippen MR) is 90.1 cm³/mol. The first-order chi connectivity index (χ1) is 11.5. The number of hydrogen-bond acceptors (Lipinski definition) is 5. The average Bonchev–Trinajstić information content (AvgIpc) is 2.59. The lowest BCUT2D eigenvalue weighted by Gasteiger charge is -2.09. The fourth-order valence-electron chi connectivity index (χ4n) is 2.30. The van der Waals surface area contributed by atoms with E-state index in [0.29, 0.717) is 21.9 Å². The van der Waals surface area contributed by atoms with E-state index < -0.39 is 5.97 Å². The minimum Gasteiger partial charge on any atom is -0.507 e. The van der Waals surface area contributed by atoms with Crippen LogP contribution in [0.25, 0.3) is 0 Å². The van der Waals surface area contributed by atoms with Gasteiger partial charge in [-0.05, 0) is 36.2 Å². The van der Waals surface area contributed by atoms with Crippen molar-refractivity contribution in [3.63, 3.8) is 0 Å². The molecule has 6 heteroatoms. The molecule has 0 aliphatic carbocycles. The highest BCUT2D eigenvalue weighted by Crippen LogP contribution is 2.27. The van der Waals surface area contributed by atoms with Crippen molar-refractivity contribution in [1.29, 1.82) is 0 Å². The van der Waals surface area contributed by atoms with Crippen molar-refractivity contribution in [2.24, 2.45) is 0 Å². The van der Waals surface area contributed by atoms with E-state index >= 15 is 0 Å². The van der Waals surface area contributed by atoms with Crippen LogP contribution in [0.5, 0.6) is 11.5 Å². The molecule has 126 valence electrons. The zero-order chi connectivity index (χ0) is 17.7. The Kier molecular flexibility index (Phi) is 5.82. The van der Waals surface area contributed by atoms with Crippen molar-refractivity contribution in [3.8, 4) is 11.5 Å². The van der Waals surface area contributed by atoms with Gasteiger partial charge in [-0.15, -0.1) is 0 Å². The number of benzene rings is 2. The van der Waals surface area contributed by atoms with Crippen LogP contribution in [0, 0.1) is 0 Å². The van der Waals surface area contributed by atoms with E-state index in [1.165, 1.54) is 20.3 Å². The van der Waals surface area contributed by atoms with Gasteiger partial charge in [0.2, 0.25) is 0 Å². The van der Waals surface area contributed by atoms with E-state index in [9.17, 15) is 14.7 Å². The van der Waals surface area contributed by atoms with E-state index in [4.69, 9.17) is 16.3 Å². The number of ether oxygens (including phenoxy) is 2. The molecule has 0 unspecified atom stereocenters. The van der Waals surface area contributed by atoms with Gasteiger partial charge < -0.3 is 14.6 Å². The molecule has 0 saturated carbocycles. The zero-order valence-corrected chi connectivity index (χ0v) is 14.1. The SMILES string of the molecule is COC(=O)c1cccc(CCC(=O)c2ccc(OC)cc2Cl)c1O. The number of phenolic OH excluding ortho intramolecular Hbond substituents is 1. The van der Waals surface area contributed by atoms with Crippen LogP contribution >= 0.6 is 11.6 Å². The standard InChI is InChI=1S/C18H17ClO5/c1-23-12-7-8-13(15(19)10-12)16(20)9-6-11-4-3-5-14(17(11)21)18(22)24-2/h3-5,7-8,10,21H,6,9H2,1-2H3. The minimum atomic E-state index is -0.626. The largest absolute Gasteiger partial charge is 0.507 e. The highest BCUT2D eigenvalue weighted by molar-refractivity contribution is 6.34. The summed E-state index contributed by atoms with van der Waals surface area (Å²) < 4.78 is 9.66. The molecule has 2 rings (SSSR count). The number of ketones is 1. The van der Waals surface area contributed by atoms with Crippen molar-refractivity contribution < 1.29 is 24.2 Å². The van der Waals surface area contributed by atoms with E-state index in [2.05, 4.69) is 4.74 Å². The minimum absolute atomic E-state index is 0.0740. The molecular weight excluding hydrogens is 332 g/mol. The summed E-state index contributed by atoms with van der Waals surface area (Å²) in [6.07, 6.45) is 0.419. The van der Waals surface area contributed by atoms with Crippen LogP contribution < -0.4 is 4.74 Å². The number of methoxy groups -OCH3 is 2. The first kappa shape index (κ1) is 17.8. The van der Waals surface area contributed by atoms with Crippen LogP contribution in [0.2, 0.25) is 5.02 Å². The van der Waals surface area contributed by atoms with Gasteiger partial charge in [-0.25, -0.2) is 4.79 Å². The second kappa shape index (κ2) is 7.84. The van der Waals surface area contributed by atoms with Gasteiger partial charge in [0.25, 0.3) is 0 Å². The molecule has 1 N–H and O–H groups in total. The third kappa shape index (κ3) is 3.86. The van der Waals surface area contributed by atoms with Crippen molar-refractivity contribution >= 4 is 23.4 Å². The van der Waals surface area contributed by atoms with Gasteiger partial charge in [-0.2, -0.15) is 0 Å². The Bertz CT molecular complexity index is 770. The summed E-state index contributed by atoms with van der Waals surface area (Å²) in [6.45, 7) is 0. The normalized spacial score (nSPS) is 10.3. The summed E-state index contributed by atoms with van der Waals surface area (Å²) in [6, 6.07) is 9.59. The number of esters is 1. The number of rotatable bonds is 6. The fraction of sp³-hybridized carbons (Fsp3) is 0.222. The quantitative estimate of drug-likeness (QED) is 0.637. The maximum Gasteiger partial charge on any atom is 0.341 e. The first-order valence-corrected chi connectivity index (χ1v) is 7.61. The summed E-state index contributed by atoms with van der Waals surface area (Å²) in [5, 5.41) is 10.5. The van der Waals surface area contributed by atoms with E-state index in [-0.39, 0.29) is 29.9 Å². The summed E-state index contributed by atoms with van der Waals surface area (Å²) in [7, 11) is 2.76. The van der Waals surface area contributed by atoms with Crippen molar-refractivity contribution in [1.82, 2.24) is 0 Å². The van der Waals surface area contributed by atoms with Crippen LogP contribution in [-0.4, -0.2) is 31.1 Å². The molecule has 0 bridgehead atoms. The number of halogens is 1. The highest BCUT2D eigenvalue weighted by Gasteiger charge is 2.16. The van der Waals surface area contributed by atoms with Crippen molar-refractivity contribution in [2.45, 2.75) is 12.8 Å². The molecule has 0 fully saturated rings.